The summed E-state index contributed by atoms with van der Waals surface area (Å²) in [6.07, 6.45) is 0.209. The molecule has 0 bridgehead atoms. The van der Waals surface area contributed by atoms with Crippen molar-refractivity contribution in [2.24, 2.45) is 5.92 Å². The smallest absolute Gasteiger partial charge is 0.410 e. The molecule has 0 spiro atoms. The van der Waals surface area contributed by atoms with Crippen molar-refractivity contribution < 1.29 is 27.2 Å². The van der Waals surface area contributed by atoms with E-state index in [0.717, 1.165) is 6.26 Å². The van der Waals surface area contributed by atoms with Gasteiger partial charge in [0.2, 0.25) is 0 Å². The van der Waals surface area contributed by atoms with Crippen LogP contribution in [0.4, 0.5) is 4.79 Å². The fourth-order valence-corrected chi connectivity index (χ4v) is 2.97. The molecule has 0 aliphatic carbocycles. The van der Waals surface area contributed by atoms with Gasteiger partial charge in [-0.1, -0.05) is 6.92 Å². The van der Waals surface area contributed by atoms with Gasteiger partial charge in [-0.3, -0.25) is 4.18 Å². The van der Waals surface area contributed by atoms with Crippen LogP contribution in [-0.2, 0) is 19.0 Å². The fraction of sp³-hybridized carbons (Fsp3) is 0.923. The molecule has 1 aliphatic rings. The molecule has 1 saturated heterocycles. The topological polar surface area (TPSA) is 93.1 Å². The molecule has 0 radical (unpaired) electrons. The molecule has 1 amide bonds. The molecular weight excluding hydrogens is 298 g/mol. The SMILES string of the molecule is CC(CO)[C@@H]1C[C@@H](OS(C)(=O)=O)CN1C(=O)OC(C)(C)C. The van der Waals surface area contributed by atoms with E-state index in [4.69, 9.17) is 8.92 Å². The molecule has 1 heterocycles. The van der Waals surface area contributed by atoms with Gasteiger partial charge in [0.1, 0.15) is 5.60 Å². The van der Waals surface area contributed by atoms with Crippen LogP contribution in [-0.4, -0.2) is 61.7 Å². The molecule has 124 valence electrons. The number of carbonyl (C=O) groups excluding carboxylic acids is 1. The number of rotatable bonds is 4. The minimum Gasteiger partial charge on any atom is -0.444 e. The zero-order valence-electron chi connectivity index (χ0n) is 13.2. The number of aliphatic hydroxyl groups is 1. The van der Waals surface area contributed by atoms with Crippen LogP contribution < -0.4 is 0 Å². The first-order valence-corrected chi connectivity index (χ1v) is 8.73. The zero-order chi connectivity index (χ0) is 16.4. The second-order valence-corrected chi connectivity index (χ2v) is 8.12. The monoisotopic (exact) mass is 323 g/mol. The Labute approximate surface area is 126 Å². The van der Waals surface area contributed by atoms with E-state index in [2.05, 4.69) is 0 Å². The number of ether oxygens (including phenoxy) is 1. The van der Waals surface area contributed by atoms with Crippen molar-refractivity contribution in [3.05, 3.63) is 0 Å². The molecule has 1 unspecified atom stereocenters. The van der Waals surface area contributed by atoms with Gasteiger partial charge >= 0.3 is 6.09 Å². The van der Waals surface area contributed by atoms with Gasteiger partial charge in [-0.25, -0.2) is 4.79 Å². The fourth-order valence-electron chi connectivity index (χ4n) is 2.33. The highest BCUT2D eigenvalue weighted by atomic mass is 32.2. The van der Waals surface area contributed by atoms with Crippen LogP contribution in [0.25, 0.3) is 0 Å². The predicted molar refractivity (Wildman–Crippen MR) is 77.3 cm³/mol. The number of amides is 1. The van der Waals surface area contributed by atoms with Crippen LogP contribution >= 0.6 is 0 Å². The Balaban J connectivity index is 2.85. The van der Waals surface area contributed by atoms with Crippen molar-refractivity contribution in [3.63, 3.8) is 0 Å². The number of hydrogen-bond donors (Lipinski definition) is 1. The highest BCUT2D eigenvalue weighted by Gasteiger charge is 2.41. The van der Waals surface area contributed by atoms with Crippen molar-refractivity contribution in [2.75, 3.05) is 19.4 Å². The summed E-state index contributed by atoms with van der Waals surface area (Å²) in [5.41, 5.74) is -0.639. The summed E-state index contributed by atoms with van der Waals surface area (Å²) in [6, 6.07) is -0.309. The van der Waals surface area contributed by atoms with Crippen molar-refractivity contribution in [2.45, 2.75) is 51.9 Å². The third-order valence-electron chi connectivity index (χ3n) is 3.19. The summed E-state index contributed by atoms with van der Waals surface area (Å²) in [5.74, 6) is -0.189. The Morgan fingerprint density at radius 2 is 2.00 bits per heavy atom. The van der Waals surface area contributed by atoms with Crippen LogP contribution in [0.3, 0.4) is 0 Å². The lowest BCUT2D eigenvalue weighted by molar-refractivity contribution is 0.0147. The quantitative estimate of drug-likeness (QED) is 0.775. The van der Waals surface area contributed by atoms with Gasteiger partial charge in [0.05, 0.1) is 18.9 Å². The molecule has 0 aromatic carbocycles. The van der Waals surface area contributed by atoms with Gasteiger partial charge in [-0.2, -0.15) is 8.42 Å². The average molecular weight is 323 g/mol. The molecule has 7 nitrogen and oxygen atoms in total. The normalized spacial score (nSPS) is 25.0. The maximum atomic E-state index is 12.2. The highest BCUT2D eigenvalue weighted by molar-refractivity contribution is 7.86. The van der Waals surface area contributed by atoms with Gasteiger partial charge < -0.3 is 14.7 Å². The number of likely N-dealkylation sites (tertiary alicyclic amines) is 1. The van der Waals surface area contributed by atoms with Crippen molar-refractivity contribution in [1.82, 2.24) is 4.90 Å². The predicted octanol–water partition coefficient (Wildman–Crippen LogP) is 0.969. The van der Waals surface area contributed by atoms with Gasteiger partial charge in [-0.05, 0) is 33.1 Å². The molecular formula is C13H25NO6S. The second-order valence-electron chi connectivity index (χ2n) is 6.52. The number of carbonyl (C=O) groups is 1. The Morgan fingerprint density at radius 1 is 1.43 bits per heavy atom. The van der Waals surface area contributed by atoms with Crippen LogP contribution in [0.5, 0.6) is 0 Å². The number of aliphatic hydroxyl groups excluding tert-OH is 1. The molecule has 21 heavy (non-hydrogen) atoms. The van der Waals surface area contributed by atoms with Gasteiger partial charge in [0.25, 0.3) is 10.1 Å². The molecule has 0 aromatic rings. The van der Waals surface area contributed by atoms with E-state index in [-0.39, 0.29) is 25.1 Å². The lowest BCUT2D eigenvalue weighted by Crippen LogP contribution is -2.43. The van der Waals surface area contributed by atoms with E-state index in [9.17, 15) is 18.3 Å². The van der Waals surface area contributed by atoms with Crippen molar-refractivity contribution >= 4 is 16.2 Å². The first-order valence-electron chi connectivity index (χ1n) is 6.91. The van der Waals surface area contributed by atoms with E-state index < -0.39 is 27.9 Å². The van der Waals surface area contributed by atoms with Crippen LogP contribution in [0, 0.1) is 5.92 Å². The Kier molecular flexibility index (Phi) is 5.63. The molecule has 1 aliphatic heterocycles. The Hall–Kier alpha value is -0.860. The number of hydrogen-bond acceptors (Lipinski definition) is 6. The van der Waals surface area contributed by atoms with Crippen LogP contribution in [0.15, 0.2) is 0 Å². The largest absolute Gasteiger partial charge is 0.444 e. The molecule has 3 atom stereocenters. The summed E-state index contributed by atoms with van der Waals surface area (Å²) in [4.78, 5) is 13.7. The molecule has 1 N–H and O–H groups in total. The zero-order valence-corrected chi connectivity index (χ0v) is 14.0. The first kappa shape index (κ1) is 18.2. The maximum Gasteiger partial charge on any atom is 0.410 e. The third-order valence-corrected chi connectivity index (χ3v) is 3.81. The van der Waals surface area contributed by atoms with Gasteiger partial charge in [-0.15, -0.1) is 0 Å². The highest BCUT2D eigenvalue weighted by Crippen LogP contribution is 2.28. The van der Waals surface area contributed by atoms with E-state index in [1.807, 2.05) is 0 Å². The number of nitrogens with zero attached hydrogens (tertiary/aromatic N) is 1. The van der Waals surface area contributed by atoms with E-state index in [1.165, 1.54) is 4.90 Å². The first-order chi connectivity index (χ1) is 9.43. The lowest BCUT2D eigenvalue weighted by Gasteiger charge is -2.30. The lowest BCUT2D eigenvalue weighted by atomic mass is 10.0. The summed E-state index contributed by atoms with van der Waals surface area (Å²) in [5, 5.41) is 9.31. The summed E-state index contributed by atoms with van der Waals surface area (Å²) >= 11 is 0. The molecule has 0 aromatic heterocycles. The maximum absolute atomic E-state index is 12.2. The van der Waals surface area contributed by atoms with Crippen LogP contribution in [0.1, 0.15) is 34.1 Å². The van der Waals surface area contributed by atoms with Crippen molar-refractivity contribution in [1.29, 1.82) is 0 Å². The summed E-state index contributed by atoms with van der Waals surface area (Å²) in [7, 11) is -3.59. The molecule has 1 rings (SSSR count). The Bertz CT molecular complexity index is 470. The standard InChI is InChI=1S/C13H25NO6S/c1-9(8-15)11-6-10(20-21(5,17)18)7-14(11)12(16)19-13(2,3)4/h9-11,15H,6-8H2,1-5H3/t9?,10-,11+/m1/s1. The minimum atomic E-state index is -3.59. The van der Waals surface area contributed by atoms with Gasteiger partial charge in [0, 0.05) is 12.6 Å². The van der Waals surface area contributed by atoms with Crippen molar-refractivity contribution in [3.8, 4) is 0 Å². The Morgan fingerprint density at radius 3 is 2.43 bits per heavy atom. The summed E-state index contributed by atoms with van der Waals surface area (Å²) in [6.45, 7) is 7.11. The molecule has 8 heteroatoms. The summed E-state index contributed by atoms with van der Waals surface area (Å²) < 4.78 is 32.8. The van der Waals surface area contributed by atoms with E-state index in [1.54, 1.807) is 27.7 Å². The molecule has 1 fully saturated rings. The van der Waals surface area contributed by atoms with Gasteiger partial charge in [0.15, 0.2) is 0 Å². The minimum absolute atomic E-state index is 0.102. The van der Waals surface area contributed by atoms with E-state index in [0.29, 0.717) is 6.42 Å². The molecule has 0 saturated carbocycles. The average Bonchev–Trinajstić information content (AvgIpc) is 2.67. The van der Waals surface area contributed by atoms with Crippen LogP contribution in [0.2, 0.25) is 0 Å². The van der Waals surface area contributed by atoms with E-state index >= 15 is 0 Å². The second kappa shape index (κ2) is 6.50. The third kappa shape index (κ3) is 5.80.